The van der Waals surface area contributed by atoms with Crippen LogP contribution in [0, 0.1) is 0 Å². The highest BCUT2D eigenvalue weighted by atomic mass is 32.2. The zero-order chi connectivity index (χ0) is 20.2. The number of nitrogens with zero attached hydrogens (tertiary/aromatic N) is 2. The minimum Gasteiger partial charge on any atom is -0.383 e. The van der Waals surface area contributed by atoms with Crippen LogP contribution in [-0.2, 0) is 27.8 Å². The Labute approximate surface area is 167 Å². The zero-order valence-electron chi connectivity index (χ0n) is 16.4. The summed E-state index contributed by atoms with van der Waals surface area (Å²) in [5, 5.41) is 6.50. The molecule has 3 N–H and O–H groups in total. The van der Waals surface area contributed by atoms with E-state index in [4.69, 9.17) is 4.74 Å². The van der Waals surface area contributed by atoms with E-state index in [9.17, 15) is 8.42 Å². The van der Waals surface area contributed by atoms with Crippen molar-refractivity contribution in [2.24, 2.45) is 4.99 Å². The summed E-state index contributed by atoms with van der Waals surface area (Å²) in [6.07, 6.45) is 4.04. The summed E-state index contributed by atoms with van der Waals surface area (Å²) in [6, 6.07) is 10.7. The number of aliphatic imine (C=N–C) groups is 1. The fourth-order valence-corrected chi connectivity index (χ4v) is 3.48. The maximum absolute atomic E-state index is 12.2. The van der Waals surface area contributed by atoms with E-state index in [0.29, 0.717) is 13.2 Å². The minimum atomic E-state index is -3.52. The molecule has 2 aromatic rings. The van der Waals surface area contributed by atoms with Crippen molar-refractivity contribution in [3.8, 4) is 0 Å². The van der Waals surface area contributed by atoms with Crippen LogP contribution in [0.1, 0.15) is 12.5 Å². The van der Waals surface area contributed by atoms with Crippen LogP contribution in [0.15, 0.2) is 58.7 Å². The molecule has 154 valence electrons. The van der Waals surface area contributed by atoms with Gasteiger partial charge < -0.3 is 19.9 Å². The maximum atomic E-state index is 12.2. The first-order valence-corrected chi connectivity index (χ1v) is 10.7. The molecule has 0 aliphatic carbocycles. The van der Waals surface area contributed by atoms with Gasteiger partial charge in [-0.2, -0.15) is 0 Å². The quantitative estimate of drug-likeness (QED) is 0.295. The van der Waals surface area contributed by atoms with Gasteiger partial charge in [-0.15, -0.1) is 0 Å². The summed E-state index contributed by atoms with van der Waals surface area (Å²) in [7, 11) is -1.99. The number of benzene rings is 1. The SMILES string of the molecule is CCNC(=NCc1ccc(S(=O)(=O)NCCOC)cc1)NCCn1cccc1. The van der Waals surface area contributed by atoms with Crippen LogP contribution in [0.25, 0.3) is 0 Å². The number of methoxy groups -OCH3 is 1. The Morgan fingerprint density at radius 2 is 1.82 bits per heavy atom. The molecule has 1 heterocycles. The third-order valence-corrected chi connectivity index (χ3v) is 5.40. The number of rotatable bonds is 11. The molecule has 1 aromatic carbocycles. The molecule has 9 heteroatoms. The summed E-state index contributed by atoms with van der Waals surface area (Å²) < 4.78 is 33.8. The van der Waals surface area contributed by atoms with E-state index in [2.05, 4.69) is 24.9 Å². The number of sulfonamides is 1. The number of hydrogen-bond donors (Lipinski definition) is 3. The summed E-state index contributed by atoms with van der Waals surface area (Å²) in [4.78, 5) is 4.79. The van der Waals surface area contributed by atoms with Crippen LogP contribution in [0.2, 0.25) is 0 Å². The Bertz CT molecular complexity index is 818. The summed E-state index contributed by atoms with van der Waals surface area (Å²) in [5.41, 5.74) is 0.929. The summed E-state index contributed by atoms with van der Waals surface area (Å²) >= 11 is 0. The standard InChI is InChI=1S/C19H29N5O3S/c1-3-20-19(21-10-14-24-12-4-5-13-24)22-16-17-6-8-18(9-7-17)28(25,26)23-11-15-27-2/h4-9,12-13,23H,3,10-11,14-16H2,1-2H3,(H2,20,21,22). The summed E-state index contributed by atoms with van der Waals surface area (Å²) in [6.45, 7) is 5.41. The van der Waals surface area contributed by atoms with Crippen LogP contribution in [0.5, 0.6) is 0 Å². The third-order valence-electron chi connectivity index (χ3n) is 3.92. The van der Waals surface area contributed by atoms with E-state index in [1.807, 2.05) is 31.5 Å². The predicted molar refractivity (Wildman–Crippen MR) is 111 cm³/mol. The first kappa shape index (κ1) is 21.9. The van der Waals surface area contributed by atoms with E-state index in [1.54, 1.807) is 24.3 Å². The smallest absolute Gasteiger partial charge is 0.240 e. The highest BCUT2D eigenvalue weighted by Gasteiger charge is 2.12. The molecular weight excluding hydrogens is 378 g/mol. The lowest BCUT2D eigenvalue weighted by Crippen LogP contribution is -2.38. The molecule has 0 unspecified atom stereocenters. The van der Waals surface area contributed by atoms with Crippen molar-refractivity contribution in [1.82, 2.24) is 19.9 Å². The van der Waals surface area contributed by atoms with Gasteiger partial charge in [-0.05, 0) is 36.8 Å². The lowest BCUT2D eigenvalue weighted by Gasteiger charge is -2.12. The third kappa shape index (κ3) is 7.34. The first-order valence-electron chi connectivity index (χ1n) is 9.25. The molecule has 0 bridgehead atoms. The summed E-state index contributed by atoms with van der Waals surface area (Å²) in [5.74, 6) is 0.729. The van der Waals surface area contributed by atoms with Crippen LogP contribution in [0.3, 0.4) is 0 Å². The first-order chi connectivity index (χ1) is 13.5. The van der Waals surface area contributed by atoms with Crippen molar-refractivity contribution in [1.29, 1.82) is 0 Å². The molecule has 0 saturated heterocycles. The monoisotopic (exact) mass is 407 g/mol. The molecule has 8 nitrogen and oxygen atoms in total. The molecule has 1 aromatic heterocycles. The van der Waals surface area contributed by atoms with E-state index in [1.165, 1.54) is 7.11 Å². The molecule has 0 aliphatic rings. The highest BCUT2D eigenvalue weighted by molar-refractivity contribution is 7.89. The fraction of sp³-hybridized carbons (Fsp3) is 0.421. The molecule has 0 atom stereocenters. The van der Waals surface area contributed by atoms with Gasteiger partial charge in [-0.1, -0.05) is 12.1 Å². The number of ether oxygens (including phenoxy) is 1. The average molecular weight is 408 g/mol. The Balaban J connectivity index is 1.90. The van der Waals surface area contributed by atoms with Gasteiger partial charge in [0.05, 0.1) is 18.0 Å². The average Bonchev–Trinajstić information content (AvgIpc) is 3.20. The minimum absolute atomic E-state index is 0.230. The van der Waals surface area contributed by atoms with E-state index in [0.717, 1.165) is 31.2 Å². The van der Waals surface area contributed by atoms with Crippen molar-refractivity contribution >= 4 is 16.0 Å². The molecule has 0 fully saturated rings. The Kier molecular flexibility index (Phi) is 8.99. The van der Waals surface area contributed by atoms with Crippen molar-refractivity contribution < 1.29 is 13.2 Å². The molecule has 0 radical (unpaired) electrons. The van der Waals surface area contributed by atoms with E-state index < -0.39 is 10.0 Å². The van der Waals surface area contributed by atoms with Gasteiger partial charge in [0, 0.05) is 45.7 Å². The van der Waals surface area contributed by atoms with Gasteiger partial charge in [0.15, 0.2) is 5.96 Å². The van der Waals surface area contributed by atoms with Crippen molar-refractivity contribution in [3.05, 3.63) is 54.4 Å². The van der Waals surface area contributed by atoms with Gasteiger partial charge in [-0.3, -0.25) is 0 Å². The maximum Gasteiger partial charge on any atom is 0.240 e. The second-order valence-electron chi connectivity index (χ2n) is 6.08. The van der Waals surface area contributed by atoms with Gasteiger partial charge in [0.1, 0.15) is 0 Å². The fourth-order valence-electron chi connectivity index (χ4n) is 2.47. The topological polar surface area (TPSA) is 96.8 Å². The van der Waals surface area contributed by atoms with Crippen molar-refractivity contribution in [3.63, 3.8) is 0 Å². The Morgan fingerprint density at radius 1 is 1.11 bits per heavy atom. The number of guanidine groups is 1. The number of aromatic nitrogens is 1. The molecular formula is C19H29N5O3S. The van der Waals surface area contributed by atoms with Gasteiger partial charge in [-0.25, -0.2) is 18.1 Å². The molecule has 28 heavy (non-hydrogen) atoms. The van der Waals surface area contributed by atoms with Crippen LogP contribution >= 0.6 is 0 Å². The van der Waals surface area contributed by atoms with Crippen LogP contribution in [-0.4, -0.2) is 52.3 Å². The lowest BCUT2D eigenvalue weighted by atomic mass is 10.2. The van der Waals surface area contributed by atoms with Gasteiger partial charge >= 0.3 is 0 Å². The largest absolute Gasteiger partial charge is 0.383 e. The molecule has 0 spiro atoms. The van der Waals surface area contributed by atoms with Crippen molar-refractivity contribution in [2.75, 3.05) is 33.4 Å². The second-order valence-corrected chi connectivity index (χ2v) is 7.84. The van der Waals surface area contributed by atoms with E-state index in [-0.39, 0.29) is 11.4 Å². The molecule has 0 saturated carbocycles. The number of hydrogen-bond acceptors (Lipinski definition) is 4. The van der Waals surface area contributed by atoms with Crippen LogP contribution < -0.4 is 15.4 Å². The Morgan fingerprint density at radius 3 is 2.46 bits per heavy atom. The molecule has 0 aliphatic heterocycles. The van der Waals surface area contributed by atoms with E-state index >= 15 is 0 Å². The van der Waals surface area contributed by atoms with Gasteiger partial charge in [0.25, 0.3) is 0 Å². The second kappa shape index (κ2) is 11.5. The highest BCUT2D eigenvalue weighted by Crippen LogP contribution is 2.11. The van der Waals surface area contributed by atoms with Gasteiger partial charge in [0.2, 0.25) is 10.0 Å². The molecule has 0 amide bonds. The zero-order valence-corrected chi connectivity index (χ0v) is 17.2. The van der Waals surface area contributed by atoms with Crippen molar-refractivity contribution in [2.45, 2.75) is 24.9 Å². The predicted octanol–water partition coefficient (Wildman–Crippen LogP) is 1.17. The lowest BCUT2D eigenvalue weighted by molar-refractivity contribution is 0.204. The van der Waals surface area contributed by atoms with Crippen LogP contribution in [0.4, 0.5) is 0 Å². The Hall–Kier alpha value is -2.36. The number of nitrogens with one attached hydrogen (secondary N) is 3. The normalized spacial score (nSPS) is 12.1. The molecule has 2 rings (SSSR count).